The lowest BCUT2D eigenvalue weighted by Crippen LogP contribution is -2.31. The minimum atomic E-state index is -0.382. The SMILES string of the molecule is CC.CCCCC/C=C\C/C=C\CCCCCCCCC1(CCCCCCCCCC/C=C\CCCCC)OCC(CCc2cn(CCN(C)C)nn2)O1. The first-order valence-electron chi connectivity index (χ1n) is 23.4. The van der Waals surface area contributed by atoms with E-state index >= 15 is 0 Å². The Kier molecular flexibility index (Phi) is 34.3. The van der Waals surface area contributed by atoms with Crippen LogP contribution >= 0.6 is 0 Å². The van der Waals surface area contributed by atoms with Gasteiger partial charge in [-0.25, -0.2) is 0 Å². The summed E-state index contributed by atoms with van der Waals surface area (Å²) in [5.74, 6) is -0.382. The predicted molar refractivity (Wildman–Crippen MR) is 235 cm³/mol. The molecule has 0 aromatic carbocycles. The highest BCUT2D eigenvalue weighted by atomic mass is 16.7. The third-order valence-corrected chi connectivity index (χ3v) is 10.6. The average Bonchev–Trinajstić information content (AvgIpc) is 3.82. The van der Waals surface area contributed by atoms with E-state index in [1.807, 2.05) is 18.5 Å². The van der Waals surface area contributed by atoms with Crippen molar-refractivity contribution in [2.45, 2.75) is 232 Å². The fraction of sp³-hybridized carbons (Fsp3) is 0.833. The highest BCUT2D eigenvalue weighted by Gasteiger charge is 2.40. The standard InChI is InChI=1S/C46H84N4O2.C2H6/c1-5-7-9-11-13-15-17-19-21-23-25-27-29-31-33-35-39-46(38-34-32-30-28-26-24-22-20-18-16-14-12-10-8-6-2)51-43-45(52-46)37-36-44-42-50(48-47-44)41-40-49(3)4;1-2/h13-16,19,21,42,45H,5-12,17-18,20,22-41,43H2,1-4H3;1-2H3/b15-13-,16-14-,21-19-;. The second kappa shape index (κ2) is 36.9. The largest absolute Gasteiger partial charge is 0.347 e. The topological polar surface area (TPSA) is 52.4 Å². The van der Waals surface area contributed by atoms with Crippen molar-refractivity contribution in [1.29, 1.82) is 0 Å². The maximum Gasteiger partial charge on any atom is 0.168 e. The van der Waals surface area contributed by atoms with Crippen LogP contribution in [0.5, 0.6) is 0 Å². The van der Waals surface area contributed by atoms with Gasteiger partial charge in [0, 0.05) is 25.6 Å². The molecule has 2 heterocycles. The third-order valence-electron chi connectivity index (χ3n) is 10.6. The van der Waals surface area contributed by atoms with Crippen LogP contribution < -0.4 is 0 Å². The maximum absolute atomic E-state index is 6.80. The van der Waals surface area contributed by atoms with E-state index in [0.717, 1.165) is 50.9 Å². The second-order valence-corrected chi connectivity index (χ2v) is 15.9. The van der Waals surface area contributed by atoms with Crippen molar-refractivity contribution >= 4 is 0 Å². The molecule has 0 amide bonds. The van der Waals surface area contributed by atoms with E-state index in [9.17, 15) is 0 Å². The first-order chi connectivity index (χ1) is 26.6. The summed E-state index contributed by atoms with van der Waals surface area (Å²) in [7, 11) is 4.18. The monoisotopic (exact) mass is 755 g/mol. The zero-order chi connectivity index (χ0) is 39.2. The van der Waals surface area contributed by atoms with Gasteiger partial charge >= 0.3 is 0 Å². The lowest BCUT2D eigenvalue weighted by atomic mass is 9.98. The number of allylic oxidation sites excluding steroid dienone is 6. The second-order valence-electron chi connectivity index (χ2n) is 15.9. The number of likely N-dealkylation sites (N-methyl/N-ethyl adjacent to an activating group) is 1. The molecule has 1 aromatic heterocycles. The van der Waals surface area contributed by atoms with Crippen LogP contribution in [0.3, 0.4) is 0 Å². The van der Waals surface area contributed by atoms with Crippen LogP contribution in [0.2, 0.25) is 0 Å². The molecule has 1 aliphatic rings. The van der Waals surface area contributed by atoms with Crippen LogP contribution in [0.15, 0.2) is 42.7 Å². The molecule has 0 bridgehead atoms. The molecule has 1 aromatic rings. The van der Waals surface area contributed by atoms with Crippen LogP contribution in [0, 0.1) is 0 Å². The molecule has 1 aliphatic heterocycles. The summed E-state index contributed by atoms with van der Waals surface area (Å²) in [5, 5.41) is 8.76. The Morgan fingerprint density at radius 3 is 1.63 bits per heavy atom. The molecule has 6 heteroatoms. The Labute approximate surface area is 336 Å². The van der Waals surface area contributed by atoms with Crippen LogP contribution in [-0.4, -0.2) is 59.0 Å². The highest BCUT2D eigenvalue weighted by Crippen LogP contribution is 2.36. The van der Waals surface area contributed by atoms with Gasteiger partial charge in [0.2, 0.25) is 0 Å². The molecule has 2 rings (SSSR count). The quantitative estimate of drug-likeness (QED) is 0.0504. The van der Waals surface area contributed by atoms with Crippen molar-refractivity contribution in [1.82, 2.24) is 19.9 Å². The molecule has 0 N–H and O–H groups in total. The van der Waals surface area contributed by atoms with Gasteiger partial charge in [0.15, 0.2) is 5.79 Å². The lowest BCUT2D eigenvalue weighted by molar-refractivity contribution is -0.179. The molecule has 1 saturated heterocycles. The smallest absolute Gasteiger partial charge is 0.168 e. The summed E-state index contributed by atoms with van der Waals surface area (Å²) in [6.45, 7) is 11.1. The summed E-state index contributed by atoms with van der Waals surface area (Å²) in [6, 6.07) is 0. The highest BCUT2D eigenvalue weighted by molar-refractivity contribution is 4.94. The van der Waals surface area contributed by atoms with Crippen LogP contribution in [-0.2, 0) is 22.4 Å². The number of hydrogen-bond acceptors (Lipinski definition) is 5. The molecule has 0 aliphatic carbocycles. The van der Waals surface area contributed by atoms with Gasteiger partial charge in [-0.05, 0) is 97.6 Å². The molecular weight excluding hydrogens is 665 g/mol. The molecule has 2 atom stereocenters. The molecule has 0 radical (unpaired) electrons. The van der Waals surface area contributed by atoms with Crippen molar-refractivity contribution in [2.24, 2.45) is 0 Å². The van der Waals surface area contributed by atoms with Gasteiger partial charge in [-0.15, -0.1) is 5.10 Å². The fourth-order valence-corrected chi connectivity index (χ4v) is 7.17. The molecular formula is C48H90N4O2. The molecule has 0 spiro atoms. The van der Waals surface area contributed by atoms with Crippen molar-refractivity contribution in [3.8, 4) is 0 Å². The summed E-state index contributed by atoms with van der Waals surface area (Å²) in [6.07, 6.45) is 53.0. The maximum atomic E-state index is 6.80. The number of aromatic nitrogens is 3. The Balaban J connectivity index is 0.00000716. The van der Waals surface area contributed by atoms with Gasteiger partial charge in [0.25, 0.3) is 0 Å². The zero-order valence-corrected chi connectivity index (χ0v) is 36.9. The van der Waals surface area contributed by atoms with Crippen LogP contribution in [0.25, 0.3) is 0 Å². The van der Waals surface area contributed by atoms with E-state index in [2.05, 4.69) is 85.8 Å². The number of aryl methyl sites for hydroxylation is 1. The van der Waals surface area contributed by atoms with Crippen molar-refractivity contribution < 1.29 is 9.47 Å². The number of ether oxygens (including phenoxy) is 2. The van der Waals surface area contributed by atoms with Gasteiger partial charge in [-0.2, -0.15) is 0 Å². The summed E-state index contributed by atoms with van der Waals surface area (Å²) in [4.78, 5) is 2.18. The van der Waals surface area contributed by atoms with Gasteiger partial charge < -0.3 is 14.4 Å². The van der Waals surface area contributed by atoms with E-state index in [0.29, 0.717) is 6.61 Å². The Bertz CT molecular complexity index is 1020. The summed E-state index contributed by atoms with van der Waals surface area (Å²) >= 11 is 0. The molecule has 2 unspecified atom stereocenters. The van der Waals surface area contributed by atoms with Crippen molar-refractivity contribution in [2.75, 3.05) is 27.2 Å². The predicted octanol–water partition coefficient (Wildman–Crippen LogP) is 14.2. The lowest BCUT2D eigenvalue weighted by Gasteiger charge is -2.28. The van der Waals surface area contributed by atoms with E-state index < -0.39 is 0 Å². The number of rotatable bonds is 36. The van der Waals surface area contributed by atoms with Gasteiger partial charge in [0.05, 0.1) is 24.9 Å². The van der Waals surface area contributed by atoms with E-state index in [-0.39, 0.29) is 11.9 Å². The third kappa shape index (κ3) is 28.6. The molecule has 54 heavy (non-hydrogen) atoms. The normalized spacial score (nSPS) is 17.5. The zero-order valence-electron chi connectivity index (χ0n) is 36.9. The minimum absolute atomic E-state index is 0.155. The Morgan fingerprint density at radius 1 is 0.667 bits per heavy atom. The fourth-order valence-electron chi connectivity index (χ4n) is 7.17. The Morgan fingerprint density at radius 2 is 1.13 bits per heavy atom. The number of hydrogen-bond donors (Lipinski definition) is 0. The molecule has 0 saturated carbocycles. The van der Waals surface area contributed by atoms with Crippen LogP contribution in [0.1, 0.15) is 213 Å². The number of unbranched alkanes of at least 4 members (excludes halogenated alkanes) is 20. The molecule has 314 valence electrons. The van der Waals surface area contributed by atoms with Crippen molar-refractivity contribution in [3.63, 3.8) is 0 Å². The van der Waals surface area contributed by atoms with Crippen molar-refractivity contribution in [3.05, 3.63) is 48.3 Å². The molecule has 1 fully saturated rings. The van der Waals surface area contributed by atoms with Gasteiger partial charge in [-0.3, -0.25) is 4.68 Å². The first kappa shape index (κ1) is 50.3. The first-order valence-corrected chi connectivity index (χ1v) is 23.4. The van der Waals surface area contributed by atoms with E-state index in [4.69, 9.17) is 9.47 Å². The summed E-state index contributed by atoms with van der Waals surface area (Å²) < 4.78 is 15.3. The van der Waals surface area contributed by atoms with Gasteiger partial charge in [0.1, 0.15) is 0 Å². The van der Waals surface area contributed by atoms with E-state index in [1.54, 1.807) is 0 Å². The Hall–Kier alpha value is -1.76. The number of nitrogens with zero attached hydrogens (tertiary/aromatic N) is 4. The molecule has 6 nitrogen and oxygen atoms in total. The summed E-state index contributed by atoms with van der Waals surface area (Å²) in [5.41, 5.74) is 1.06. The minimum Gasteiger partial charge on any atom is -0.347 e. The van der Waals surface area contributed by atoms with Gasteiger partial charge in [-0.1, -0.05) is 159 Å². The van der Waals surface area contributed by atoms with E-state index in [1.165, 1.54) is 154 Å². The van der Waals surface area contributed by atoms with Crippen LogP contribution in [0.4, 0.5) is 0 Å². The average molecular weight is 755 g/mol.